The van der Waals surface area contributed by atoms with Crippen LogP contribution in [0.25, 0.3) is 22.4 Å². The largest absolute Gasteiger partial charge is 0.338 e. The van der Waals surface area contributed by atoms with Crippen LogP contribution in [0.15, 0.2) is 66.7 Å². The van der Waals surface area contributed by atoms with Crippen LogP contribution in [0.3, 0.4) is 0 Å². The van der Waals surface area contributed by atoms with Gasteiger partial charge in [-0.3, -0.25) is 19.3 Å². The van der Waals surface area contributed by atoms with Gasteiger partial charge in [-0.2, -0.15) is 0 Å². The van der Waals surface area contributed by atoms with Crippen LogP contribution in [-0.2, 0) is 4.79 Å². The van der Waals surface area contributed by atoms with Gasteiger partial charge in [-0.05, 0) is 43.3 Å². The quantitative estimate of drug-likeness (QED) is 0.501. The maximum absolute atomic E-state index is 12.6. The van der Waals surface area contributed by atoms with Crippen molar-refractivity contribution in [2.45, 2.75) is 6.92 Å². The summed E-state index contributed by atoms with van der Waals surface area (Å²) in [7, 11) is 0. The molecule has 1 aliphatic rings. The van der Waals surface area contributed by atoms with Gasteiger partial charge in [-0.1, -0.05) is 35.9 Å². The molecule has 0 spiro atoms. The topological polar surface area (TPSA) is 95.2 Å². The Bertz CT molecular complexity index is 1340. The van der Waals surface area contributed by atoms with E-state index < -0.39 is 17.7 Å². The lowest BCUT2D eigenvalue weighted by Gasteiger charge is -2.14. The number of hydrogen-bond acceptors (Lipinski definition) is 4. The Morgan fingerprint density at radius 1 is 0.968 bits per heavy atom. The van der Waals surface area contributed by atoms with Crippen molar-refractivity contribution in [3.8, 4) is 11.4 Å². The first-order valence-electron chi connectivity index (χ1n) is 9.81. The van der Waals surface area contributed by atoms with Gasteiger partial charge >= 0.3 is 0 Å². The fraction of sp³-hybridized carbons (Fsp3) is 0.0833. The molecule has 7 heteroatoms. The molecule has 0 radical (unpaired) electrons. The van der Waals surface area contributed by atoms with Crippen molar-refractivity contribution >= 4 is 34.4 Å². The maximum atomic E-state index is 12.6. The van der Waals surface area contributed by atoms with Crippen LogP contribution >= 0.6 is 0 Å². The second kappa shape index (κ2) is 7.21. The smallest absolute Gasteiger partial charge is 0.262 e. The molecule has 5 rings (SSSR count). The van der Waals surface area contributed by atoms with Crippen molar-refractivity contribution in [1.29, 1.82) is 0 Å². The van der Waals surface area contributed by atoms with Gasteiger partial charge in [0.25, 0.3) is 11.8 Å². The standard InChI is InChI=1S/C24H18N4O3/c1-14-9-10-17-18(11-14)24(31)28(23(17)30)13-21(29)25-16-6-4-5-15(12-16)22-26-19-7-2-3-8-20(19)27-22/h2-12H,13H2,1H3,(H,25,29)(H,26,27). The number of rotatable bonds is 4. The van der Waals surface area contributed by atoms with E-state index in [1.165, 1.54) is 0 Å². The molecule has 7 nitrogen and oxygen atoms in total. The first-order chi connectivity index (χ1) is 15.0. The lowest BCUT2D eigenvalue weighted by Crippen LogP contribution is -2.37. The Morgan fingerprint density at radius 2 is 1.77 bits per heavy atom. The molecule has 0 aliphatic carbocycles. The first-order valence-corrected chi connectivity index (χ1v) is 9.81. The van der Waals surface area contributed by atoms with Gasteiger partial charge in [0.1, 0.15) is 12.4 Å². The van der Waals surface area contributed by atoms with E-state index in [1.54, 1.807) is 30.3 Å². The molecule has 0 fully saturated rings. The number of carbonyl (C=O) groups is 3. The number of carbonyl (C=O) groups excluding carboxylic acids is 3. The zero-order chi connectivity index (χ0) is 21.5. The molecular formula is C24H18N4O3. The summed E-state index contributed by atoms with van der Waals surface area (Å²) < 4.78 is 0. The van der Waals surface area contributed by atoms with Gasteiger partial charge < -0.3 is 10.3 Å². The molecule has 4 aromatic rings. The molecule has 1 aliphatic heterocycles. The average molecular weight is 410 g/mol. The average Bonchev–Trinajstić information content (AvgIpc) is 3.29. The van der Waals surface area contributed by atoms with Crippen molar-refractivity contribution in [3.63, 3.8) is 0 Å². The lowest BCUT2D eigenvalue weighted by molar-refractivity contribution is -0.116. The number of nitrogens with one attached hydrogen (secondary N) is 2. The number of aryl methyl sites for hydroxylation is 1. The molecule has 0 bridgehead atoms. The van der Waals surface area contributed by atoms with Crippen molar-refractivity contribution in [3.05, 3.63) is 83.4 Å². The molecule has 3 aromatic carbocycles. The SMILES string of the molecule is Cc1ccc2c(c1)C(=O)N(CC(=O)Nc1cccc(-c3nc4ccccc4[nH]3)c1)C2=O. The summed E-state index contributed by atoms with van der Waals surface area (Å²) >= 11 is 0. The molecule has 3 amide bonds. The summed E-state index contributed by atoms with van der Waals surface area (Å²) in [5, 5.41) is 2.77. The molecule has 0 atom stereocenters. The van der Waals surface area contributed by atoms with E-state index in [9.17, 15) is 14.4 Å². The number of para-hydroxylation sites is 2. The van der Waals surface area contributed by atoms with E-state index in [0.717, 1.165) is 27.1 Å². The highest BCUT2D eigenvalue weighted by Crippen LogP contribution is 2.25. The minimum absolute atomic E-state index is 0.329. The number of anilines is 1. The first kappa shape index (κ1) is 18.7. The Balaban J connectivity index is 1.33. The monoisotopic (exact) mass is 410 g/mol. The van der Waals surface area contributed by atoms with Crippen LogP contribution in [0.1, 0.15) is 26.3 Å². The minimum atomic E-state index is -0.453. The number of imidazole rings is 1. The predicted molar refractivity (Wildman–Crippen MR) is 117 cm³/mol. The summed E-state index contributed by atoms with van der Waals surface area (Å²) in [5.74, 6) is -0.665. The molecular weight excluding hydrogens is 392 g/mol. The van der Waals surface area contributed by atoms with E-state index in [4.69, 9.17) is 0 Å². The highest BCUT2D eigenvalue weighted by Gasteiger charge is 2.36. The second-order valence-corrected chi connectivity index (χ2v) is 7.48. The summed E-state index contributed by atoms with van der Waals surface area (Å²) in [5.41, 5.74) is 4.69. The van der Waals surface area contributed by atoms with Crippen LogP contribution in [0, 0.1) is 6.92 Å². The van der Waals surface area contributed by atoms with Crippen molar-refractivity contribution < 1.29 is 14.4 Å². The normalized spacial score (nSPS) is 13.0. The maximum Gasteiger partial charge on any atom is 0.262 e. The highest BCUT2D eigenvalue weighted by atomic mass is 16.2. The molecule has 2 heterocycles. The number of fused-ring (bicyclic) bond motifs is 2. The van der Waals surface area contributed by atoms with E-state index in [-0.39, 0.29) is 6.54 Å². The molecule has 2 N–H and O–H groups in total. The molecule has 31 heavy (non-hydrogen) atoms. The van der Waals surface area contributed by atoms with Crippen LogP contribution in [0.2, 0.25) is 0 Å². The Morgan fingerprint density at radius 3 is 2.61 bits per heavy atom. The summed E-state index contributed by atoms with van der Waals surface area (Å²) in [6, 6.07) is 20.0. The van der Waals surface area contributed by atoms with Gasteiger partial charge in [0.15, 0.2) is 0 Å². The molecule has 0 saturated heterocycles. The zero-order valence-electron chi connectivity index (χ0n) is 16.7. The summed E-state index contributed by atoms with van der Waals surface area (Å²) in [6.45, 7) is 1.50. The number of benzene rings is 3. The molecule has 0 saturated carbocycles. The summed E-state index contributed by atoms with van der Waals surface area (Å²) in [6.07, 6.45) is 0. The third-order valence-corrected chi connectivity index (χ3v) is 5.24. The lowest BCUT2D eigenvalue weighted by atomic mass is 10.1. The number of aromatic nitrogens is 2. The van der Waals surface area contributed by atoms with Gasteiger partial charge in [0.2, 0.25) is 5.91 Å². The van der Waals surface area contributed by atoms with Crippen molar-refractivity contribution in [1.82, 2.24) is 14.9 Å². The molecule has 1 aromatic heterocycles. The summed E-state index contributed by atoms with van der Waals surface area (Å²) in [4.78, 5) is 46.5. The van der Waals surface area contributed by atoms with Gasteiger partial charge in [-0.25, -0.2) is 4.98 Å². The number of amides is 3. The van der Waals surface area contributed by atoms with Crippen LogP contribution in [0.5, 0.6) is 0 Å². The van der Waals surface area contributed by atoms with Gasteiger partial charge in [0, 0.05) is 11.3 Å². The Labute approximate surface area is 177 Å². The third-order valence-electron chi connectivity index (χ3n) is 5.24. The van der Waals surface area contributed by atoms with Crippen molar-refractivity contribution in [2.24, 2.45) is 0 Å². The highest BCUT2D eigenvalue weighted by molar-refractivity contribution is 6.22. The molecule has 0 unspecified atom stereocenters. The van der Waals surface area contributed by atoms with E-state index in [0.29, 0.717) is 22.6 Å². The van der Waals surface area contributed by atoms with Gasteiger partial charge in [0.05, 0.1) is 22.2 Å². The van der Waals surface area contributed by atoms with Crippen LogP contribution in [0.4, 0.5) is 5.69 Å². The number of aromatic amines is 1. The fourth-order valence-corrected chi connectivity index (χ4v) is 3.73. The van der Waals surface area contributed by atoms with Crippen LogP contribution < -0.4 is 5.32 Å². The fourth-order valence-electron chi connectivity index (χ4n) is 3.73. The van der Waals surface area contributed by atoms with Crippen LogP contribution in [-0.4, -0.2) is 39.1 Å². The van der Waals surface area contributed by atoms with Gasteiger partial charge in [-0.15, -0.1) is 0 Å². The zero-order valence-corrected chi connectivity index (χ0v) is 16.7. The second-order valence-electron chi connectivity index (χ2n) is 7.48. The number of nitrogens with zero attached hydrogens (tertiary/aromatic N) is 2. The van der Waals surface area contributed by atoms with E-state index in [2.05, 4.69) is 15.3 Å². The minimum Gasteiger partial charge on any atom is -0.338 e. The van der Waals surface area contributed by atoms with E-state index >= 15 is 0 Å². The number of imide groups is 1. The predicted octanol–water partition coefficient (Wildman–Crippen LogP) is 3.77. The molecule has 152 valence electrons. The van der Waals surface area contributed by atoms with Crippen molar-refractivity contribution in [2.75, 3.05) is 11.9 Å². The number of hydrogen-bond donors (Lipinski definition) is 2. The van der Waals surface area contributed by atoms with E-state index in [1.807, 2.05) is 43.3 Å². The Hall–Kier alpha value is -4.26. The number of H-pyrrole nitrogens is 1. The third kappa shape index (κ3) is 3.36. The Kier molecular flexibility index (Phi) is 4.36.